The predicted octanol–water partition coefficient (Wildman–Crippen LogP) is 2.11. The van der Waals surface area contributed by atoms with Gasteiger partial charge in [0.25, 0.3) is 0 Å². The van der Waals surface area contributed by atoms with Gasteiger partial charge in [-0.15, -0.1) is 0 Å². The fourth-order valence-electron chi connectivity index (χ4n) is 3.06. The molecule has 2 fully saturated rings. The van der Waals surface area contributed by atoms with Gasteiger partial charge in [0.05, 0.1) is 0 Å². The molecule has 0 bridgehead atoms. The zero-order valence-corrected chi connectivity index (χ0v) is 10.3. The molecule has 0 radical (unpaired) electrons. The zero-order chi connectivity index (χ0) is 10.7. The van der Waals surface area contributed by atoms with Crippen molar-refractivity contribution in [3.05, 3.63) is 0 Å². The van der Waals surface area contributed by atoms with Crippen LogP contribution in [0, 0.1) is 11.8 Å². The third-order valence-electron chi connectivity index (χ3n) is 4.46. The first-order chi connectivity index (χ1) is 7.27. The molecule has 1 N–H and O–H groups in total. The first-order valence-corrected chi connectivity index (χ1v) is 6.72. The van der Waals surface area contributed by atoms with Crippen LogP contribution in [0.15, 0.2) is 0 Å². The summed E-state index contributed by atoms with van der Waals surface area (Å²) < 4.78 is 0. The average molecular weight is 210 g/mol. The lowest BCUT2D eigenvalue weighted by Gasteiger charge is -2.40. The largest absolute Gasteiger partial charge is 0.317 e. The van der Waals surface area contributed by atoms with Crippen molar-refractivity contribution in [1.82, 2.24) is 10.2 Å². The second-order valence-corrected chi connectivity index (χ2v) is 5.55. The van der Waals surface area contributed by atoms with Crippen LogP contribution in [0.25, 0.3) is 0 Å². The molecule has 0 saturated carbocycles. The second-order valence-electron chi connectivity index (χ2n) is 5.55. The van der Waals surface area contributed by atoms with E-state index in [0.717, 1.165) is 17.9 Å². The highest BCUT2D eigenvalue weighted by Gasteiger charge is 2.27. The van der Waals surface area contributed by atoms with Gasteiger partial charge in [-0.05, 0) is 70.6 Å². The van der Waals surface area contributed by atoms with Gasteiger partial charge in [-0.2, -0.15) is 0 Å². The normalized spacial score (nSPS) is 29.2. The molecule has 0 aromatic rings. The summed E-state index contributed by atoms with van der Waals surface area (Å²) in [5, 5.41) is 3.46. The van der Waals surface area contributed by atoms with E-state index in [-0.39, 0.29) is 0 Å². The van der Waals surface area contributed by atoms with Crippen LogP contribution < -0.4 is 5.32 Å². The number of rotatable bonds is 2. The van der Waals surface area contributed by atoms with E-state index in [4.69, 9.17) is 0 Å². The SMILES string of the molecule is CC1CCN([C@H](C)C2CCNCC2)CC1. The van der Waals surface area contributed by atoms with E-state index in [1.807, 2.05) is 0 Å². The maximum absolute atomic E-state index is 3.46. The number of hydrogen-bond acceptors (Lipinski definition) is 2. The van der Waals surface area contributed by atoms with Crippen molar-refractivity contribution in [1.29, 1.82) is 0 Å². The highest BCUT2D eigenvalue weighted by molar-refractivity contribution is 4.82. The number of nitrogens with one attached hydrogen (secondary N) is 1. The summed E-state index contributed by atoms with van der Waals surface area (Å²) in [5.41, 5.74) is 0. The summed E-state index contributed by atoms with van der Waals surface area (Å²) in [6.07, 6.45) is 5.59. The van der Waals surface area contributed by atoms with Gasteiger partial charge in [-0.3, -0.25) is 0 Å². The van der Waals surface area contributed by atoms with Crippen molar-refractivity contribution in [2.75, 3.05) is 26.2 Å². The van der Waals surface area contributed by atoms with E-state index in [2.05, 4.69) is 24.1 Å². The maximum Gasteiger partial charge on any atom is 0.00961 e. The lowest BCUT2D eigenvalue weighted by molar-refractivity contribution is 0.0958. The van der Waals surface area contributed by atoms with Gasteiger partial charge in [0.1, 0.15) is 0 Å². The van der Waals surface area contributed by atoms with Gasteiger partial charge in [0.2, 0.25) is 0 Å². The molecule has 15 heavy (non-hydrogen) atoms. The van der Waals surface area contributed by atoms with Crippen molar-refractivity contribution in [3.63, 3.8) is 0 Å². The van der Waals surface area contributed by atoms with Crippen LogP contribution in [0.5, 0.6) is 0 Å². The minimum atomic E-state index is 0.819. The van der Waals surface area contributed by atoms with Crippen LogP contribution in [0.1, 0.15) is 39.5 Å². The number of piperidine rings is 2. The first-order valence-electron chi connectivity index (χ1n) is 6.72. The van der Waals surface area contributed by atoms with Crippen LogP contribution >= 0.6 is 0 Å². The Hall–Kier alpha value is -0.0800. The van der Waals surface area contributed by atoms with Crippen molar-refractivity contribution in [3.8, 4) is 0 Å². The summed E-state index contributed by atoms with van der Waals surface area (Å²) in [4.78, 5) is 2.73. The molecule has 2 saturated heterocycles. The minimum Gasteiger partial charge on any atom is -0.317 e. The first kappa shape index (κ1) is 11.4. The molecule has 1 atom stereocenters. The fraction of sp³-hybridized carbons (Fsp3) is 1.00. The Balaban J connectivity index is 1.81. The molecule has 2 aliphatic heterocycles. The van der Waals surface area contributed by atoms with Crippen LogP contribution in [0.2, 0.25) is 0 Å². The fourth-order valence-corrected chi connectivity index (χ4v) is 3.06. The van der Waals surface area contributed by atoms with Crippen LogP contribution in [0.4, 0.5) is 0 Å². The Morgan fingerprint density at radius 3 is 2.27 bits per heavy atom. The standard InChI is InChI=1S/C13H26N2/c1-11-5-9-15(10-6-11)12(2)13-3-7-14-8-4-13/h11-14H,3-10H2,1-2H3/t12-/m1/s1. The lowest BCUT2D eigenvalue weighted by atomic mass is 9.88. The Bertz CT molecular complexity index is 179. The number of likely N-dealkylation sites (tertiary alicyclic amines) is 1. The molecule has 0 aromatic carbocycles. The molecule has 0 unspecified atom stereocenters. The van der Waals surface area contributed by atoms with Crippen molar-refractivity contribution < 1.29 is 0 Å². The molecule has 0 amide bonds. The summed E-state index contributed by atoms with van der Waals surface area (Å²) >= 11 is 0. The van der Waals surface area contributed by atoms with Crippen LogP contribution in [0.3, 0.4) is 0 Å². The van der Waals surface area contributed by atoms with Gasteiger partial charge in [0, 0.05) is 6.04 Å². The van der Waals surface area contributed by atoms with E-state index in [9.17, 15) is 0 Å². The molecule has 88 valence electrons. The van der Waals surface area contributed by atoms with E-state index in [1.165, 1.54) is 51.9 Å². The number of nitrogens with zero attached hydrogens (tertiary/aromatic N) is 1. The quantitative estimate of drug-likeness (QED) is 0.751. The summed E-state index contributed by atoms with van der Waals surface area (Å²) in [6.45, 7) is 10.00. The summed E-state index contributed by atoms with van der Waals surface area (Å²) in [5.74, 6) is 1.90. The molecule has 2 heteroatoms. The van der Waals surface area contributed by atoms with Crippen molar-refractivity contribution in [2.24, 2.45) is 11.8 Å². The Morgan fingerprint density at radius 2 is 1.67 bits per heavy atom. The van der Waals surface area contributed by atoms with E-state index in [0.29, 0.717) is 0 Å². The van der Waals surface area contributed by atoms with E-state index in [1.54, 1.807) is 0 Å². The maximum atomic E-state index is 3.46. The van der Waals surface area contributed by atoms with Gasteiger partial charge < -0.3 is 10.2 Å². The number of hydrogen-bond donors (Lipinski definition) is 1. The average Bonchev–Trinajstić information content (AvgIpc) is 2.30. The second kappa shape index (κ2) is 5.31. The van der Waals surface area contributed by atoms with E-state index >= 15 is 0 Å². The van der Waals surface area contributed by atoms with Gasteiger partial charge in [0.15, 0.2) is 0 Å². The third kappa shape index (κ3) is 2.94. The monoisotopic (exact) mass is 210 g/mol. The molecular weight excluding hydrogens is 184 g/mol. The van der Waals surface area contributed by atoms with Gasteiger partial charge in [-0.1, -0.05) is 6.92 Å². The molecule has 2 rings (SSSR count). The molecule has 0 spiro atoms. The van der Waals surface area contributed by atoms with Crippen molar-refractivity contribution >= 4 is 0 Å². The highest BCUT2D eigenvalue weighted by Crippen LogP contribution is 2.25. The third-order valence-corrected chi connectivity index (χ3v) is 4.46. The molecule has 2 nitrogen and oxygen atoms in total. The van der Waals surface area contributed by atoms with Crippen molar-refractivity contribution in [2.45, 2.75) is 45.6 Å². The lowest BCUT2D eigenvalue weighted by Crippen LogP contribution is -2.46. The minimum absolute atomic E-state index is 0.819. The molecule has 2 heterocycles. The Kier molecular flexibility index (Phi) is 4.04. The smallest absolute Gasteiger partial charge is 0.00961 e. The molecule has 0 aliphatic carbocycles. The molecular formula is C13H26N2. The molecule has 2 aliphatic rings. The van der Waals surface area contributed by atoms with Crippen LogP contribution in [-0.4, -0.2) is 37.1 Å². The highest BCUT2D eigenvalue weighted by atomic mass is 15.2. The topological polar surface area (TPSA) is 15.3 Å². The van der Waals surface area contributed by atoms with Gasteiger partial charge >= 0.3 is 0 Å². The zero-order valence-electron chi connectivity index (χ0n) is 10.3. The summed E-state index contributed by atoms with van der Waals surface area (Å²) in [7, 11) is 0. The summed E-state index contributed by atoms with van der Waals surface area (Å²) in [6, 6.07) is 0.819. The Labute approximate surface area is 94.4 Å². The predicted molar refractivity (Wildman–Crippen MR) is 65.0 cm³/mol. The Morgan fingerprint density at radius 1 is 1.07 bits per heavy atom. The van der Waals surface area contributed by atoms with Gasteiger partial charge in [-0.25, -0.2) is 0 Å². The molecule has 0 aromatic heterocycles. The van der Waals surface area contributed by atoms with E-state index < -0.39 is 0 Å². The van der Waals surface area contributed by atoms with Crippen LogP contribution in [-0.2, 0) is 0 Å².